The zero-order chi connectivity index (χ0) is 21.9. The summed E-state index contributed by atoms with van der Waals surface area (Å²) < 4.78 is 27.4. The number of ether oxygens (including phenoxy) is 5. The summed E-state index contributed by atoms with van der Waals surface area (Å²) in [6.07, 6.45) is 1.52. The number of amides is 1. The maximum atomic E-state index is 12.6. The number of hydrogen-bond donors (Lipinski definition) is 1. The predicted octanol–water partition coefficient (Wildman–Crippen LogP) is 3.66. The average Bonchev–Trinajstić information content (AvgIpc) is 2.75. The van der Waals surface area contributed by atoms with Crippen molar-refractivity contribution in [1.82, 2.24) is 5.43 Å². The van der Waals surface area contributed by atoms with Crippen LogP contribution in [0.25, 0.3) is 0 Å². The molecule has 0 heterocycles. The van der Waals surface area contributed by atoms with Gasteiger partial charge in [0.1, 0.15) is 0 Å². The normalized spacial score (nSPS) is 10.6. The molecule has 2 rings (SSSR count). The summed E-state index contributed by atoms with van der Waals surface area (Å²) in [7, 11) is 3.12. The van der Waals surface area contributed by atoms with Crippen molar-refractivity contribution in [1.29, 1.82) is 0 Å². The number of nitrogens with one attached hydrogen (secondary N) is 1. The van der Waals surface area contributed by atoms with E-state index in [4.69, 9.17) is 23.7 Å². The maximum absolute atomic E-state index is 12.6. The molecule has 0 fully saturated rings. The largest absolute Gasteiger partial charge is 0.493 e. The minimum Gasteiger partial charge on any atom is -0.493 e. The Morgan fingerprint density at radius 3 is 2.00 bits per heavy atom. The summed E-state index contributed by atoms with van der Waals surface area (Å²) in [5.74, 6) is 2.14. The highest BCUT2D eigenvalue weighted by molar-refractivity contribution is 5.96. The molecular formula is C22H28N2O6. The molecule has 2 aromatic rings. The molecule has 30 heavy (non-hydrogen) atoms. The molecule has 0 unspecified atom stereocenters. The first-order chi connectivity index (χ1) is 14.6. The van der Waals surface area contributed by atoms with Gasteiger partial charge in [0.2, 0.25) is 5.75 Å². The van der Waals surface area contributed by atoms with Crippen LogP contribution in [0.15, 0.2) is 35.4 Å². The van der Waals surface area contributed by atoms with Crippen molar-refractivity contribution in [3.8, 4) is 28.7 Å². The van der Waals surface area contributed by atoms with E-state index in [0.29, 0.717) is 54.1 Å². The molecule has 8 heteroatoms. The third-order valence-electron chi connectivity index (χ3n) is 3.96. The lowest BCUT2D eigenvalue weighted by Crippen LogP contribution is -2.18. The predicted molar refractivity (Wildman–Crippen MR) is 115 cm³/mol. The first kappa shape index (κ1) is 22.9. The second kappa shape index (κ2) is 11.5. The van der Waals surface area contributed by atoms with Crippen LogP contribution in [0.5, 0.6) is 28.7 Å². The van der Waals surface area contributed by atoms with Gasteiger partial charge in [-0.1, -0.05) is 0 Å². The molecule has 0 saturated carbocycles. The molecule has 0 aliphatic rings. The van der Waals surface area contributed by atoms with Gasteiger partial charge in [-0.15, -0.1) is 0 Å². The van der Waals surface area contributed by atoms with Gasteiger partial charge in [-0.25, -0.2) is 5.43 Å². The van der Waals surface area contributed by atoms with E-state index in [9.17, 15) is 4.79 Å². The van der Waals surface area contributed by atoms with Gasteiger partial charge in [-0.2, -0.15) is 5.10 Å². The number of methoxy groups -OCH3 is 2. The standard InChI is InChI=1S/C22H28N2O6/c1-6-28-19-12-16(13-20(29-7-2)21(19)30-8-3)22(25)24-23-14-15-9-10-17(26-4)18(11-15)27-5/h9-14H,6-8H2,1-5H3,(H,24,25). The minimum absolute atomic E-state index is 0.342. The van der Waals surface area contributed by atoms with E-state index in [1.807, 2.05) is 20.8 Å². The van der Waals surface area contributed by atoms with E-state index in [1.165, 1.54) is 6.21 Å². The van der Waals surface area contributed by atoms with Gasteiger partial charge in [-0.05, 0) is 56.7 Å². The van der Waals surface area contributed by atoms with Gasteiger partial charge in [0.05, 0.1) is 40.3 Å². The Hall–Kier alpha value is -3.42. The SMILES string of the molecule is CCOc1cc(C(=O)NN=Cc2ccc(OC)c(OC)c2)cc(OCC)c1OCC. The van der Waals surface area contributed by atoms with Gasteiger partial charge < -0.3 is 23.7 Å². The summed E-state index contributed by atoms with van der Waals surface area (Å²) in [6, 6.07) is 8.54. The smallest absolute Gasteiger partial charge is 0.271 e. The summed E-state index contributed by atoms with van der Waals surface area (Å²) in [5, 5.41) is 4.03. The monoisotopic (exact) mass is 416 g/mol. The van der Waals surface area contributed by atoms with Crippen LogP contribution < -0.4 is 29.1 Å². The molecular weight excluding hydrogens is 388 g/mol. The zero-order valence-electron chi connectivity index (χ0n) is 18.0. The first-order valence-electron chi connectivity index (χ1n) is 9.69. The van der Waals surface area contributed by atoms with Crippen LogP contribution in [0.3, 0.4) is 0 Å². The molecule has 1 amide bonds. The average molecular weight is 416 g/mol. The third kappa shape index (κ3) is 5.79. The molecule has 0 aromatic heterocycles. The molecule has 0 aliphatic heterocycles. The number of rotatable bonds is 11. The van der Waals surface area contributed by atoms with Crippen molar-refractivity contribution in [3.05, 3.63) is 41.5 Å². The summed E-state index contributed by atoms with van der Waals surface area (Å²) in [5.41, 5.74) is 3.59. The number of hydrogen-bond acceptors (Lipinski definition) is 7. The number of nitrogens with zero attached hydrogens (tertiary/aromatic N) is 1. The Kier molecular flexibility index (Phi) is 8.80. The summed E-state index contributed by atoms with van der Waals surface area (Å²) in [4.78, 5) is 12.6. The van der Waals surface area contributed by atoms with Crippen LogP contribution in [0.4, 0.5) is 0 Å². The zero-order valence-corrected chi connectivity index (χ0v) is 18.0. The van der Waals surface area contributed by atoms with Crippen LogP contribution in [0.1, 0.15) is 36.7 Å². The van der Waals surface area contributed by atoms with Crippen molar-refractivity contribution in [3.63, 3.8) is 0 Å². The summed E-state index contributed by atoms with van der Waals surface area (Å²) in [6.45, 7) is 6.88. The number of carbonyl (C=O) groups excluding carboxylic acids is 1. The van der Waals surface area contributed by atoms with E-state index in [2.05, 4.69) is 10.5 Å². The van der Waals surface area contributed by atoms with Crippen LogP contribution in [-0.4, -0.2) is 46.2 Å². The van der Waals surface area contributed by atoms with Crippen LogP contribution in [0, 0.1) is 0 Å². The molecule has 0 saturated heterocycles. The van der Waals surface area contributed by atoms with Crippen molar-refractivity contribution >= 4 is 12.1 Å². The molecule has 0 atom stereocenters. The second-order valence-electron chi connectivity index (χ2n) is 5.91. The molecule has 8 nitrogen and oxygen atoms in total. The topological polar surface area (TPSA) is 87.6 Å². The van der Waals surface area contributed by atoms with Gasteiger partial charge >= 0.3 is 0 Å². The van der Waals surface area contributed by atoms with Crippen molar-refractivity contribution in [2.24, 2.45) is 5.10 Å². The van der Waals surface area contributed by atoms with E-state index >= 15 is 0 Å². The maximum Gasteiger partial charge on any atom is 0.271 e. The third-order valence-corrected chi connectivity index (χ3v) is 3.96. The first-order valence-corrected chi connectivity index (χ1v) is 9.69. The van der Waals surface area contributed by atoms with Crippen molar-refractivity contribution in [2.75, 3.05) is 34.0 Å². The van der Waals surface area contributed by atoms with Crippen LogP contribution in [0.2, 0.25) is 0 Å². The Bertz CT molecular complexity index is 855. The van der Waals surface area contributed by atoms with E-state index in [1.54, 1.807) is 44.6 Å². The lowest BCUT2D eigenvalue weighted by atomic mass is 10.1. The Morgan fingerprint density at radius 1 is 0.867 bits per heavy atom. The molecule has 0 radical (unpaired) electrons. The number of hydrazone groups is 1. The van der Waals surface area contributed by atoms with Gasteiger partial charge in [0.25, 0.3) is 5.91 Å². The fourth-order valence-corrected chi connectivity index (χ4v) is 2.68. The van der Waals surface area contributed by atoms with Crippen LogP contribution >= 0.6 is 0 Å². The van der Waals surface area contributed by atoms with E-state index in [0.717, 1.165) is 5.56 Å². The minimum atomic E-state index is -0.406. The second-order valence-corrected chi connectivity index (χ2v) is 5.91. The quantitative estimate of drug-likeness (QED) is 0.444. The highest BCUT2D eigenvalue weighted by Crippen LogP contribution is 2.39. The van der Waals surface area contributed by atoms with E-state index in [-0.39, 0.29) is 0 Å². The Labute approximate surface area is 176 Å². The van der Waals surface area contributed by atoms with Crippen molar-refractivity contribution in [2.45, 2.75) is 20.8 Å². The molecule has 0 bridgehead atoms. The Balaban J connectivity index is 2.22. The molecule has 0 aliphatic carbocycles. The Morgan fingerprint density at radius 2 is 1.47 bits per heavy atom. The molecule has 1 N–H and O–H groups in total. The van der Waals surface area contributed by atoms with Crippen LogP contribution in [-0.2, 0) is 0 Å². The molecule has 2 aromatic carbocycles. The summed E-state index contributed by atoms with van der Waals surface area (Å²) >= 11 is 0. The molecule has 162 valence electrons. The lowest BCUT2D eigenvalue weighted by Gasteiger charge is -2.16. The van der Waals surface area contributed by atoms with Gasteiger partial charge in [0, 0.05) is 5.56 Å². The number of benzene rings is 2. The van der Waals surface area contributed by atoms with Crippen molar-refractivity contribution < 1.29 is 28.5 Å². The van der Waals surface area contributed by atoms with Gasteiger partial charge in [-0.3, -0.25) is 4.79 Å². The fourth-order valence-electron chi connectivity index (χ4n) is 2.68. The lowest BCUT2D eigenvalue weighted by molar-refractivity contribution is 0.0954. The molecule has 0 spiro atoms. The number of carbonyl (C=O) groups is 1. The van der Waals surface area contributed by atoms with Gasteiger partial charge in [0.15, 0.2) is 23.0 Å². The van der Waals surface area contributed by atoms with E-state index < -0.39 is 5.91 Å². The highest BCUT2D eigenvalue weighted by atomic mass is 16.5. The highest BCUT2D eigenvalue weighted by Gasteiger charge is 2.18. The fraction of sp³-hybridized carbons (Fsp3) is 0.364.